The zero-order valence-electron chi connectivity index (χ0n) is 17.3. The van der Waals surface area contributed by atoms with Gasteiger partial charge < -0.3 is 0 Å². The van der Waals surface area contributed by atoms with Gasteiger partial charge in [-0.1, -0.05) is 89.3 Å². The molecule has 0 atom stereocenters. The quantitative estimate of drug-likeness (QED) is 0.333. The second kappa shape index (κ2) is 16.1. The van der Waals surface area contributed by atoms with E-state index in [4.69, 9.17) is 0 Å². The van der Waals surface area contributed by atoms with E-state index < -0.39 is 7.26 Å². The summed E-state index contributed by atoms with van der Waals surface area (Å²) in [6.45, 7) is 11.5. The summed E-state index contributed by atoms with van der Waals surface area (Å²) < 4.78 is 0. The molecule has 0 fully saturated rings. The van der Waals surface area contributed by atoms with Crippen molar-refractivity contribution in [3.63, 3.8) is 0 Å². The van der Waals surface area contributed by atoms with Crippen molar-refractivity contribution in [2.24, 2.45) is 0 Å². The molecular formula is C23H44P+. The van der Waals surface area contributed by atoms with Crippen LogP contribution in [0.3, 0.4) is 0 Å². The molecule has 0 aliphatic rings. The first kappa shape index (κ1) is 23.6. The van der Waals surface area contributed by atoms with Crippen LogP contribution in [0, 0.1) is 6.92 Å². The summed E-state index contributed by atoms with van der Waals surface area (Å²) in [5.41, 5.74) is 1.32. The Labute approximate surface area is 154 Å². The van der Waals surface area contributed by atoms with Crippen molar-refractivity contribution in [3.8, 4) is 0 Å². The molecule has 0 spiro atoms. The van der Waals surface area contributed by atoms with Crippen LogP contribution in [-0.2, 0) is 0 Å². The molecule has 0 nitrogen and oxygen atoms in total. The Kier molecular flexibility index (Phi) is 15.9. The molecule has 0 saturated heterocycles. The summed E-state index contributed by atoms with van der Waals surface area (Å²) >= 11 is 0. The summed E-state index contributed by atoms with van der Waals surface area (Å²) in [5, 5.41) is 0. The van der Waals surface area contributed by atoms with Crippen molar-refractivity contribution in [1.29, 1.82) is 0 Å². The van der Waals surface area contributed by atoms with Crippen LogP contribution in [0.15, 0.2) is 30.3 Å². The second-order valence-electron chi connectivity index (χ2n) is 7.30. The Bertz CT molecular complexity index is 320. The predicted molar refractivity (Wildman–Crippen MR) is 117 cm³/mol. The Morgan fingerprint density at radius 1 is 0.583 bits per heavy atom. The number of aryl methyl sites for hydroxylation is 1. The minimum atomic E-state index is -0.562. The zero-order valence-corrected chi connectivity index (χ0v) is 18.2. The van der Waals surface area contributed by atoms with Gasteiger partial charge in [-0.15, -0.1) is 0 Å². The lowest BCUT2D eigenvalue weighted by Gasteiger charge is -2.28. The number of hydrogen-bond acceptors (Lipinski definition) is 0. The lowest BCUT2D eigenvalue weighted by molar-refractivity contribution is 0.814. The Morgan fingerprint density at radius 3 is 1.12 bits per heavy atom. The summed E-state index contributed by atoms with van der Waals surface area (Å²) in [5.74, 6) is 0. The first-order chi connectivity index (χ1) is 11.6. The normalized spacial score (nSPS) is 11.0. The highest BCUT2D eigenvalue weighted by Crippen LogP contribution is 2.61. The highest BCUT2D eigenvalue weighted by atomic mass is 31.2. The molecule has 0 bridgehead atoms. The summed E-state index contributed by atoms with van der Waals surface area (Å²) in [6.07, 6.45) is 17.9. The van der Waals surface area contributed by atoms with E-state index in [9.17, 15) is 0 Å². The average molecular weight is 352 g/mol. The van der Waals surface area contributed by atoms with Crippen molar-refractivity contribution in [2.75, 3.05) is 24.6 Å². The van der Waals surface area contributed by atoms with E-state index in [1.165, 1.54) is 56.9 Å². The van der Waals surface area contributed by atoms with Crippen LogP contribution in [0.1, 0.15) is 84.6 Å². The molecule has 0 unspecified atom stereocenters. The first-order valence-electron chi connectivity index (χ1n) is 10.5. The highest BCUT2D eigenvalue weighted by Gasteiger charge is 2.34. The standard InChI is InChI=1S/C16H36P.C7H8/c1-5-9-13-17(14-10-6-2,15-11-7-3)16-12-8-4;1-7-5-3-2-4-6-7/h5-16H2,1-4H3;2-6H,1H3/q+1;. The van der Waals surface area contributed by atoms with Crippen molar-refractivity contribution >= 4 is 7.26 Å². The van der Waals surface area contributed by atoms with E-state index in [1.54, 1.807) is 24.6 Å². The van der Waals surface area contributed by atoms with Crippen molar-refractivity contribution in [1.82, 2.24) is 0 Å². The van der Waals surface area contributed by atoms with Crippen LogP contribution in [0.4, 0.5) is 0 Å². The summed E-state index contributed by atoms with van der Waals surface area (Å²) in [4.78, 5) is 0. The van der Waals surface area contributed by atoms with Gasteiger partial charge in [0.1, 0.15) is 0 Å². The third-order valence-electron chi connectivity index (χ3n) is 4.88. The molecule has 140 valence electrons. The minimum Gasteiger partial charge on any atom is -0.0652 e. The van der Waals surface area contributed by atoms with E-state index in [1.807, 2.05) is 18.2 Å². The third kappa shape index (κ3) is 12.1. The van der Waals surface area contributed by atoms with Crippen molar-refractivity contribution in [2.45, 2.75) is 86.0 Å². The van der Waals surface area contributed by atoms with Crippen LogP contribution in [-0.4, -0.2) is 24.6 Å². The molecule has 0 aliphatic carbocycles. The molecule has 0 aromatic heterocycles. The average Bonchev–Trinajstić information content (AvgIpc) is 2.62. The van der Waals surface area contributed by atoms with E-state index in [0.29, 0.717) is 0 Å². The predicted octanol–water partition coefficient (Wildman–Crippen LogP) is 8.20. The molecule has 0 aliphatic heterocycles. The van der Waals surface area contributed by atoms with E-state index in [0.717, 1.165) is 0 Å². The van der Waals surface area contributed by atoms with E-state index in [2.05, 4.69) is 46.8 Å². The van der Waals surface area contributed by atoms with Crippen LogP contribution >= 0.6 is 7.26 Å². The van der Waals surface area contributed by atoms with Gasteiger partial charge in [-0.3, -0.25) is 0 Å². The number of benzene rings is 1. The molecule has 1 aromatic rings. The largest absolute Gasteiger partial charge is 0.0652 e. The lowest BCUT2D eigenvalue weighted by atomic mass is 10.2. The molecule has 24 heavy (non-hydrogen) atoms. The number of hydrogen-bond donors (Lipinski definition) is 0. The van der Waals surface area contributed by atoms with Gasteiger partial charge in [0.15, 0.2) is 0 Å². The SMILES string of the molecule is CCCC[P+](CCCC)(CCCC)CCCC.Cc1ccccc1. The lowest BCUT2D eigenvalue weighted by Crippen LogP contribution is -2.12. The maximum absolute atomic E-state index is 2.36. The Morgan fingerprint density at radius 2 is 0.917 bits per heavy atom. The van der Waals surface area contributed by atoms with Gasteiger partial charge in [-0.2, -0.15) is 0 Å². The number of rotatable bonds is 12. The van der Waals surface area contributed by atoms with E-state index >= 15 is 0 Å². The number of unbranched alkanes of at least 4 members (excludes halogenated alkanes) is 4. The van der Waals surface area contributed by atoms with Gasteiger partial charge >= 0.3 is 0 Å². The monoisotopic (exact) mass is 351 g/mol. The second-order valence-corrected chi connectivity index (χ2v) is 11.8. The summed E-state index contributed by atoms with van der Waals surface area (Å²) in [6, 6.07) is 10.3. The molecule has 1 aromatic carbocycles. The summed E-state index contributed by atoms with van der Waals surface area (Å²) in [7, 11) is -0.562. The maximum atomic E-state index is 2.36. The van der Waals surface area contributed by atoms with Gasteiger partial charge in [0.05, 0.1) is 24.6 Å². The molecular weight excluding hydrogens is 307 g/mol. The molecule has 0 heterocycles. The first-order valence-corrected chi connectivity index (χ1v) is 13.0. The molecule has 0 saturated carbocycles. The molecule has 0 radical (unpaired) electrons. The van der Waals surface area contributed by atoms with Crippen LogP contribution in [0.2, 0.25) is 0 Å². The molecule has 0 amide bonds. The molecule has 0 N–H and O–H groups in total. The van der Waals surface area contributed by atoms with Gasteiger partial charge in [0.25, 0.3) is 0 Å². The third-order valence-corrected chi connectivity index (χ3v) is 9.94. The zero-order chi connectivity index (χ0) is 18.1. The minimum absolute atomic E-state index is 0.562. The van der Waals surface area contributed by atoms with Crippen LogP contribution in [0.25, 0.3) is 0 Å². The van der Waals surface area contributed by atoms with Gasteiger partial charge in [0, 0.05) is 7.26 Å². The van der Waals surface area contributed by atoms with Crippen molar-refractivity contribution in [3.05, 3.63) is 35.9 Å². The van der Waals surface area contributed by atoms with Gasteiger partial charge in [-0.25, -0.2) is 0 Å². The molecule has 1 rings (SSSR count). The van der Waals surface area contributed by atoms with Crippen molar-refractivity contribution < 1.29 is 0 Å². The van der Waals surface area contributed by atoms with Gasteiger partial charge in [-0.05, 0) is 32.6 Å². The fourth-order valence-corrected chi connectivity index (χ4v) is 8.47. The fourth-order valence-electron chi connectivity index (χ4n) is 3.18. The van der Waals surface area contributed by atoms with Gasteiger partial charge in [0.2, 0.25) is 0 Å². The van der Waals surface area contributed by atoms with E-state index in [-0.39, 0.29) is 0 Å². The highest BCUT2D eigenvalue weighted by molar-refractivity contribution is 7.75. The Hall–Kier alpha value is -0.350. The maximum Gasteiger partial charge on any atom is 0.0594 e. The smallest absolute Gasteiger partial charge is 0.0594 e. The van der Waals surface area contributed by atoms with Crippen LogP contribution < -0.4 is 0 Å². The fraction of sp³-hybridized carbons (Fsp3) is 0.739. The Balaban J connectivity index is 0.000000620. The molecule has 1 heteroatoms. The van der Waals surface area contributed by atoms with Crippen LogP contribution in [0.5, 0.6) is 0 Å². The topological polar surface area (TPSA) is 0 Å².